The van der Waals surface area contributed by atoms with Crippen LogP contribution in [0.1, 0.15) is 33.1 Å². The van der Waals surface area contributed by atoms with Crippen LogP contribution in [0.5, 0.6) is 0 Å². The van der Waals surface area contributed by atoms with Gasteiger partial charge in [0.15, 0.2) is 5.78 Å². The monoisotopic (exact) mass is 176 g/mol. The van der Waals surface area contributed by atoms with Gasteiger partial charge < -0.3 is 0 Å². The molecule has 70 valence electrons. The molecule has 0 heterocycles. The summed E-state index contributed by atoms with van der Waals surface area (Å²) >= 11 is 0. The second-order valence-electron chi connectivity index (χ2n) is 3.22. The average molecular weight is 176 g/mol. The Hall–Kier alpha value is -1.11. The second kappa shape index (κ2) is 4.80. The molecular formula is C12H16O. The van der Waals surface area contributed by atoms with Crippen molar-refractivity contribution < 1.29 is 4.79 Å². The lowest BCUT2D eigenvalue weighted by atomic mass is 9.90. The molecule has 0 fully saturated rings. The summed E-state index contributed by atoms with van der Waals surface area (Å²) in [6, 6.07) is 0. The van der Waals surface area contributed by atoms with Crippen molar-refractivity contribution in [2.24, 2.45) is 0 Å². The number of ketones is 1. The molecule has 0 aromatic carbocycles. The van der Waals surface area contributed by atoms with Crippen molar-refractivity contribution in [3.8, 4) is 0 Å². The first kappa shape index (κ1) is 9.97. The Kier molecular flexibility index (Phi) is 3.69. The summed E-state index contributed by atoms with van der Waals surface area (Å²) in [5.74, 6) is 0.269. The largest absolute Gasteiger partial charge is 0.295 e. The van der Waals surface area contributed by atoms with Gasteiger partial charge in [-0.2, -0.15) is 0 Å². The van der Waals surface area contributed by atoms with Gasteiger partial charge in [-0.25, -0.2) is 0 Å². The zero-order valence-electron chi connectivity index (χ0n) is 8.34. The maximum Gasteiger partial charge on any atom is 0.156 e. The SMILES string of the molecule is CC=CCC1=CC(=O)CCC1=CC. The Bertz CT molecular complexity index is 279. The number of hydrogen-bond acceptors (Lipinski definition) is 1. The van der Waals surface area contributed by atoms with E-state index < -0.39 is 0 Å². The molecule has 0 aromatic rings. The highest BCUT2D eigenvalue weighted by Crippen LogP contribution is 2.24. The van der Waals surface area contributed by atoms with Gasteiger partial charge in [-0.15, -0.1) is 0 Å². The lowest BCUT2D eigenvalue weighted by molar-refractivity contribution is -0.114. The van der Waals surface area contributed by atoms with Crippen LogP contribution in [-0.4, -0.2) is 5.78 Å². The molecule has 1 rings (SSSR count). The van der Waals surface area contributed by atoms with E-state index in [1.165, 1.54) is 11.1 Å². The number of allylic oxidation sites excluding steroid dienone is 6. The molecular weight excluding hydrogens is 160 g/mol. The molecule has 0 saturated carbocycles. The lowest BCUT2D eigenvalue weighted by Crippen LogP contribution is -2.05. The third-order valence-electron chi connectivity index (χ3n) is 2.31. The maximum atomic E-state index is 11.2. The topological polar surface area (TPSA) is 17.1 Å². The van der Waals surface area contributed by atoms with E-state index in [2.05, 4.69) is 12.2 Å². The summed E-state index contributed by atoms with van der Waals surface area (Å²) in [4.78, 5) is 11.2. The zero-order chi connectivity index (χ0) is 9.68. The Morgan fingerprint density at radius 3 is 2.77 bits per heavy atom. The van der Waals surface area contributed by atoms with Crippen LogP contribution in [-0.2, 0) is 4.79 Å². The molecule has 1 aliphatic rings. The molecule has 0 saturated heterocycles. The molecule has 0 bridgehead atoms. The van der Waals surface area contributed by atoms with Gasteiger partial charge in [-0.3, -0.25) is 4.79 Å². The molecule has 0 unspecified atom stereocenters. The fraction of sp³-hybridized carbons (Fsp3) is 0.417. The average Bonchev–Trinajstić information content (AvgIpc) is 2.15. The van der Waals surface area contributed by atoms with E-state index in [1.807, 2.05) is 19.9 Å². The van der Waals surface area contributed by atoms with Crippen molar-refractivity contribution >= 4 is 5.78 Å². The fourth-order valence-corrected chi connectivity index (χ4v) is 1.54. The maximum absolute atomic E-state index is 11.2. The molecule has 1 nitrogen and oxygen atoms in total. The van der Waals surface area contributed by atoms with Gasteiger partial charge in [0.2, 0.25) is 0 Å². The third kappa shape index (κ3) is 2.69. The first-order chi connectivity index (χ1) is 6.27. The van der Waals surface area contributed by atoms with Crippen molar-refractivity contribution in [3.05, 3.63) is 35.5 Å². The predicted molar refractivity (Wildman–Crippen MR) is 55.5 cm³/mol. The first-order valence-electron chi connectivity index (χ1n) is 4.78. The molecule has 1 heteroatoms. The first-order valence-corrected chi connectivity index (χ1v) is 4.78. The summed E-state index contributed by atoms with van der Waals surface area (Å²) < 4.78 is 0. The Balaban J connectivity index is 2.80. The Morgan fingerprint density at radius 2 is 2.15 bits per heavy atom. The van der Waals surface area contributed by atoms with Crippen LogP contribution in [0.4, 0.5) is 0 Å². The molecule has 13 heavy (non-hydrogen) atoms. The van der Waals surface area contributed by atoms with E-state index >= 15 is 0 Å². The van der Waals surface area contributed by atoms with Crippen LogP contribution in [0, 0.1) is 0 Å². The van der Waals surface area contributed by atoms with Gasteiger partial charge in [0.05, 0.1) is 0 Å². The van der Waals surface area contributed by atoms with Gasteiger partial charge in [0, 0.05) is 6.42 Å². The molecule has 1 aliphatic carbocycles. The van der Waals surface area contributed by atoms with E-state index in [9.17, 15) is 4.79 Å². The minimum Gasteiger partial charge on any atom is -0.295 e. The number of hydrogen-bond donors (Lipinski definition) is 0. The van der Waals surface area contributed by atoms with Crippen LogP contribution in [0.3, 0.4) is 0 Å². The highest BCUT2D eigenvalue weighted by molar-refractivity contribution is 5.92. The van der Waals surface area contributed by atoms with Crippen molar-refractivity contribution in [2.45, 2.75) is 33.1 Å². The van der Waals surface area contributed by atoms with E-state index in [0.717, 1.165) is 12.8 Å². The Morgan fingerprint density at radius 1 is 1.38 bits per heavy atom. The van der Waals surface area contributed by atoms with Gasteiger partial charge in [-0.05, 0) is 43.9 Å². The van der Waals surface area contributed by atoms with Gasteiger partial charge in [0.25, 0.3) is 0 Å². The van der Waals surface area contributed by atoms with Crippen molar-refractivity contribution in [2.75, 3.05) is 0 Å². The van der Waals surface area contributed by atoms with Crippen LogP contribution in [0.15, 0.2) is 35.5 Å². The molecule has 0 spiro atoms. The quantitative estimate of drug-likeness (QED) is 0.590. The second-order valence-corrected chi connectivity index (χ2v) is 3.22. The van der Waals surface area contributed by atoms with E-state index in [0.29, 0.717) is 6.42 Å². The van der Waals surface area contributed by atoms with Crippen LogP contribution >= 0.6 is 0 Å². The van der Waals surface area contributed by atoms with Crippen molar-refractivity contribution in [3.63, 3.8) is 0 Å². The van der Waals surface area contributed by atoms with E-state index in [-0.39, 0.29) is 5.78 Å². The molecule has 0 aliphatic heterocycles. The summed E-state index contributed by atoms with van der Waals surface area (Å²) in [5.41, 5.74) is 2.52. The zero-order valence-corrected chi connectivity index (χ0v) is 8.34. The van der Waals surface area contributed by atoms with Crippen LogP contribution < -0.4 is 0 Å². The van der Waals surface area contributed by atoms with Crippen molar-refractivity contribution in [1.82, 2.24) is 0 Å². The standard InChI is InChI=1S/C12H16O/c1-3-5-6-11-9-12(13)8-7-10(11)4-2/h3-5,9H,6-8H2,1-2H3. The van der Waals surface area contributed by atoms with Crippen LogP contribution in [0.2, 0.25) is 0 Å². The van der Waals surface area contributed by atoms with Gasteiger partial charge >= 0.3 is 0 Å². The number of carbonyl (C=O) groups excluding carboxylic acids is 1. The molecule has 0 radical (unpaired) electrons. The lowest BCUT2D eigenvalue weighted by Gasteiger charge is -2.14. The summed E-state index contributed by atoms with van der Waals surface area (Å²) in [6.07, 6.45) is 10.5. The summed E-state index contributed by atoms with van der Waals surface area (Å²) in [6.45, 7) is 4.04. The summed E-state index contributed by atoms with van der Waals surface area (Å²) in [5, 5.41) is 0. The Labute approximate surface area is 79.8 Å². The predicted octanol–water partition coefficient (Wildman–Crippen LogP) is 3.19. The highest BCUT2D eigenvalue weighted by Gasteiger charge is 2.12. The molecule has 0 amide bonds. The summed E-state index contributed by atoms with van der Waals surface area (Å²) in [7, 11) is 0. The molecule has 0 N–H and O–H groups in total. The van der Waals surface area contributed by atoms with E-state index in [1.54, 1.807) is 6.08 Å². The normalized spacial score (nSPS) is 21.2. The number of carbonyl (C=O) groups is 1. The fourth-order valence-electron chi connectivity index (χ4n) is 1.54. The van der Waals surface area contributed by atoms with E-state index in [4.69, 9.17) is 0 Å². The molecule has 0 atom stereocenters. The highest BCUT2D eigenvalue weighted by atomic mass is 16.1. The van der Waals surface area contributed by atoms with Gasteiger partial charge in [0.1, 0.15) is 0 Å². The van der Waals surface area contributed by atoms with Gasteiger partial charge in [-0.1, -0.05) is 18.2 Å². The van der Waals surface area contributed by atoms with Crippen molar-refractivity contribution in [1.29, 1.82) is 0 Å². The minimum absolute atomic E-state index is 0.269. The number of rotatable bonds is 2. The molecule has 0 aromatic heterocycles. The third-order valence-corrected chi connectivity index (χ3v) is 2.31. The smallest absolute Gasteiger partial charge is 0.156 e. The van der Waals surface area contributed by atoms with Crippen LogP contribution in [0.25, 0.3) is 0 Å². The minimum atomic E-state index is 0.269.